The van der Waals surface area contributed by atoms with Crippen LogP contribution in [0.25, 0.3) is 0 Å². The fourth-order valence-corrected chi connectivity index (χ4v) is 1.84. The Labute approximate surface area is 70.2 Å². The topological polar surface area (TPSA) is 32.7 Å². The molecular weight excluding hydrogens is 158 g/mol. The van der Waals surface area contributed by atoms with Gasteiger partial charge in [0.15, 0.2) is 0 Å². The third-order valence-electron chi connectivity index (χ3n) is 1.69. The van der Waals surface area contributed by atoms with Crippen LogP contribution in [-0.2, 0) is 4.43 Å². The summed E-state index contributed by atoms with van der Waals surface area (Å²) in [6.45, 7) is 2.84. The van der Waals surface area contributed by atoms with E-state index in [4.69, 9.17) is 4.43 Å². The number of hydrogen-bond acceptors (Lipinski definition) is 3. The van der Waals surface area contributed by atoms with Crippen molar-refractivity contribution in [2.45, 2.75) is 19.0 Å². The van der Waals surface area contributed by atoms with E-state index in [1.807, 2.05) is 20.6 Å². The van der Waals surface area contributed by atoms with Crippen molar-refractivity contribution >= 4 is 8.56 Å². The maximum absolute atomic E-state index is 9.53. The first kappa shape index (κ1) is 11.1. The molecule has 1 N–H and O–H groups in total. The van der Waals surface area contributed by atoms with Crippen molar-refractivity contribution in [3.63, 3.8) is 0 Å². The van der Waals surface area contributed by atoms with Crippen LogP contribution >= 0.6 is 0 Å². The molecule has 0 aliphatic heterocycles. The first-order chi connectivity index (χ1) is 4.98. The van der Waals surface area contributed by atoms with Crippen LogP contribution in [0.2, 0.25) is 12.6 Å². The normalized spacial score (nSPS) is 16.9. The number of nitrogens with zero attached hydrogens (tertiary/aromatic N) is 1. The second kappa shape index (κ2) is 4.87. The Morgan fingerprint density at radius 3 is 2.36 bits per heavy atom. The molecule has 0 heterocycles. The molecule has 0 aromatic heterocycles. The van der Waals surface area contributed by atoms with E-state index in [1.165, 1.54) is 0 Å². The monoisotopic (exact) mass is 177 g/mol. The SMILES string of the molecule is CO[Si](C)(O)CCCN(C)C. The Morgan fingerprint density at radius 1 is 1.45 bits per heavy atom. The minimum absolute atomic E-state index is 0.821. The molecule has 0 amide bonds. The largest absolute Gasteiger partial charge is 0.411 e. The van der Waals surface area contributed by atoms with E-state index in [2.05, 4.69) is 4.90 Å². The third-order valence-corrected chi connectivity index (χ3v) is 3.85. The molecule has 0 saturated heterocycles. The lowest BCUT2D eigenvalue weighted by Crippen LogP contribution is -2.33. The molecule has 0 fully saturated rings. The predicted octanol–water partition coefficient (Wildman–Crippen LogP) is 0.649. The molecule has 0 saturated carbocycles. The lowest BCUT2D eigenvalue weighted by molar-refractivity contribution is 0.291. The van der Waals surface area contributed by atoms with Crippen LogP contribution in [0.1, 0.15) is 6.42 Å². The van der Waals surface area contributed by atoms with Crippen molar-refractivity contribution in [1.29, 1.82) is 0 Å². The fraction of sp³-hybridized carbons (Fsp3) is 1.00. The van der Waals surface area contributed by atoms with Gasteiger partial charge in [-0.1, -0.05) is 0 Å². The summed E-state index contributed by atoms with van der Waals surface area (Å²) in [7, 11) is 3.38. The van der Waals surface area contributed by atoms with Gasteiger partial charge in [0, 0.05) is 7.11 Å². The summed E-state index contributed by atoms with van der Waals surface area (Å²) in [6, 6.07) is 0.821. The third kappa shape index (κ3) is 6.49. The van der Waals surface area contributed by atoms with E-state index < -0.39 is 8.56 Å². The van der Waals surface area contributed by atoms with Gasteiger partial charge in [-0.25, -0.2) is 0 Å². The summed E-state index contributed by atoms with van der Waals surface area (Å²) >= 11 is 0. The predicted molar refractivity (Wildman–Crippen MR) is 48.8 cm³/mol. The molecule has 11 heavy (non-hydrogen) atoms. The second-order valence-electron chi connectivity index (χ2n) is 3.29. The van der Waals surface area contributed by atoms with Crippen molar-refractivity contribution in [3.8, 4) is 0 Å². The highest BCUT2D eigenvalue weighted by molar-refractivity contribution is 6.64. The van der Waals surface area contributed by atoms with Crippen LogP contribution in [0, 0.1) is 0 Å². The lowest BCUT2D eigenvalue weighted by Gasteiger charge is -2.18. The zero-order valence-corrected chi connectivity index (χ0v) is 8.92. The summed E-state index contributed by atoms with van der Waals surface area (Å²) < 4.78 is 5.00. The summed E-state index contributed by atoms with van der Waals surface area (Å²) in [5.41, 5.74) is 0. The van der Waals surface area contributed by atoms with E-state index >= 15 is 0 Å². The Hall–Kier alpha value is 0.0969. The summed E-state index contributed by atoms with van der Waals surface area (Å²) in [6.07, 6.45) is 1.01. The molecule has 0 aromatic carbocycles. The second-order valence-corrected chi connectivity index (χ2v) is 6.54. The van der Waals surface area contributed by atoms with Crippen LogP contribution in [-0.4, -0.2) is 46.0 Å². The first-order valence-electron chi connectivity index (χ1n) is 3.90. The van der Waals surface area contributed by atoms with E-state index in [1.54, 1.807) is 7.11 Å². The van der Waals surface area contributed by atoms with E-state index in [0.29, 0.717) is 0 Å². The average Bonchev–Trinajstić information content (AvgIpc) is 1.87. The van der Waals surface area contributed by atoms with Crippen LogP contribution in [0.5, 0.6) is 0 Å². The number of rotatable bonds is 5. The van der Waals surface area contributed by atoms with Gasteiger partial charge < -0.3 is 14.1 Å². The van der Waals surface area contributed by atoms with Gasteiger partial charge in [0.1, 0.15) is 0 Å². The smallest absolute Gasteiger partial charge is 0.332 e. The molecule has 0 radical (unpaired) electrons. The van der Waals surface area contributed by atoms with Gasteiger partial charge in [0.05, 0.1) is 0 Å². The highest BCUT2D eigenvalue weighted by Crippen LogP contribution is 2.08. The molecule has 0 bridgehead atoms. The van der Waals surface area contributed by atoms with Crippen LogP contribution in [0.3, 0.4) is 0 Å². The van der Waals surface area contributed by atoms with Crippen molar-refractivity contribution < 1.29 is 9.22 Å². The molecule has 0 aromatic rings. The molecule has 0 aliphatic carbocycles. The standard InChI is InChI=1S/C7H19NO2Si/c1-8(2)6-5-7-11(4,9)10-3/h9H,5-7H2,1-4H3. The van der Waals surface area contributed by atoms with Gasteiger partial charge in [-0.05, 0) is 39.7 Å². The summed E-state index contributed by atoms with van der Waals surface area (Å²) in [5.74, 6) is 0. The number of hydrogen-bond donors (Lipinski definition) is 1. The molecule has 1 unspecified atom stereocenters. The van der Waals surface area contributed by atoms with Crippen molar-refractivity contribution in [1.82, 2.24) is 4.90 Å². The zero-order valence-electron chi connectivity index (χ0n) is 7.92. The molecule has 0 spiro atoms. The molecule has 4 heteroatoms. The van der Waals surface area contributed by atoms with Gasteiger partial charge in [-0.3, -0.25) is 0 Å². The Balaban J connectivity index is 3.38. The van der Waals surface area contributed by atoms with Crippen molar-refractivity contribution in [2.75, 3.05) is 27.7 Å². The Bertz CT molecular complexity index is 107. The molecule has 3 nitrogen and oxygen atoms in total. The summed E-state index contributed by atoms with van der Waals surface area (Å²) in [4.78, 5) is 11.6. The minimum Gasteiger partial charge on any atom is -0.411 e. The molecule has 0 rings (SSSR count). The van der Waals surface area contributed by atoms with Gasteiger partial charge in [0.25, 0.3) is 0 Å². The molecule has 68 valence electrons. The van der Waals surface area contributed by atoms with Crippen LogP contribution in [0.15, 0.2) is 0 Å². The molecule has 0 aliphatic rings. The minimum atomic E-state index is -2.27. The first-order valence-corrected chi connectivity index (χ1v) is 6.46. The molecular formula is C7H19NO2Si. The zero-order chi connectivity index (χ0) is 8.91. The van der Waals surface area contributed by atoms with Gasteiger partial charge in [0.2, 0.25) is 0 Å². The molecule has 1 atom stereocenters. The maximum atomic E-state index is 9.53. The van der Waals surface area contributed by atoms with E-state index in [9.17, 15) is 4.80 Å². The average molecular weight is 177 g/mol. The van der Waals surface area contributed by atoms with Gasteiger partial charge in [-0.2, -0.15) is 0 Å². The highest BCUT2D eigenvalue weighted by atomic mass is 28.4. The van der Waals surface area contributed by atoms with Crippen molar-refractivity contribution in [3.05, 3.63) is 0 Å². The highest BCUT2D eigenvalue weighted by Gasteiger charge is 2.23. The van der Waals surface area contributed by atoms with Gasteiger partial charge in [-0.15, -0.1) is 0 Å². The Kier molecular flexibility index (Phi) is 4.91. The van der Waals surface area contributed by atoms with E-state index in [-0.39, 0.29) is 0 Å². The van der Waals surface area contributed by atoms with Gasteiger partial charge >= 0.3 is 8.56 Å². The Morgan fingerprint density at radius 2 is 2.00 bits per heavy atom. The quantitative estimate of drug-likeness (QED) is 0.626. The van der Waals surface area contributed by atoms with Crippen LogP contribution < -0.4 is 0 Å². The summed E-state index contributed by atoms with van der Waals surface area (Å²) in [5, 5.41) is 0. The fourth-order valence-electron chi connectivity index (χ4n) is 0.825. The van der Waals surface area contributed by atoms with Crippen LogP contribution in [0.4, 0.5) is 0 Å². The van der Waals surface area contributed by atoms with Crippen molar-refractivity contribution in [2.24, 2.45) is 0 Å². The maximum Gasteiger partial charge on any atom is 0.332 e. The van der Waals surface area contributed by atoms with E-state index in [0.717, 1.165) is 19.0 Å². The lowest BCUT2D eigenvalue weighted by atomic mass is 10.5.